The minimum atomic E-state index is 0.0121. The van der Waals surface area contributed by atoms with Crippen LogP contribution in [0.4, 0.5) is 0 Å². The molecule has 3 aromatic rings. The van der Waals surface area contributed by atoms with Gasteiger partial charge in [0.15, 0.2) is 5.43 Å². The summed E-state index contributed by atoms with van der Waals surface area (Å²) in [6.07, 6.45) is 1.53. The van der Waals surface area contributed by atoms with Gasteiger partial charge in [-0.15, -0.1) is 0 Å². The molecule has 3 rings (SSSR count). The lowest BCUT2D eigenvalue weighted by atomic mass is 10.1. The van der Waals surface area contributed by atoms with E-state index >= 15 is 0 Å². The second-order valence-electron chi connectivity index (χ2n) is 3.84. The van der Waals surface area contributed by atoms with Crippen LogP contribution >= 0.6 is 0 Å². The van der Waals surface area contributed by atoms with Crippen molar-refractivity contribution in [3.63, 3.8) is 0 Å². The zero-order valence-corrected chi connectivity index (χ0v) is 15.1. The van der Waals surface area contributed by atoms with E-state index in [9.17, 15) is 4.79 Å². The van der Waals surface area contributed by atoms with Crippen LogP contribution in [0.15, 0.2) is 70.1 Å². The second kappa shape index (κ2) is 12.2. The summed E-state index contributed by atoms with van der Waals surface area (Å²) in [6.45, 7) is 12.0. The van der Waals surface area contributed by atoms with Crippen LogP contribution in [0.5, 0.6) is 0 Å². The summed E-state index contributed by atoms with van der Waals surface area (Å²) in [7, 11) is 0. The molecule has 0 saturated carbocycles. The number of benzene rings is 2. The van der Waals surface area contributed by atoms with Gasteiger partial charge in [-0.1, -0.05) is 84.0 Å². The standard InChI is InChI=1S/C15H10O2.3C2H6/c16-15-12-8-4-5-9-14(12)17-10-13(15)11-6-2-1-3-7-11;3*1-2/h1-10H;3*1-2H3. The first-order valence-corrected chi connectivity index (χ1v) is 8.42. The molecule has 0 atom stereocenters. The van der Waals surface area contributed by atoms with Crippen LogP contribution in [-0.2, 0) is 0 Å². The van der Waals surface area contributed by atoms with Gasteiger partial charge < -0.3 is 4.42 Å². The third kappa shape index (κ3) is 5.41. The second-order valence-corrected chi connectivity index (χ2v) is 3.84. The molecule has 0 bridgehead atoms. The van der Waals surface area contributed by atoms with Gasteiger partial charge in [-0.05, 0) is 17.7 Å². The van der Waals surface area contributed by atoms with E-state index in [0.29, 0.717) is 16.5 Å². The summed E-state index contributed by atoms with van der Waals surface area (Å²) in [6, 6.07) is 16.8. The van der Waals surface area contributed by atoms with Crippen LogP contribution in [0.2, 0.25) is 0 Å². The minimum Gasteiger partial charge on any atom is -0.463 e. The van der Waals surface area contributed by atoms with Crippen LogP contribution in [0.3, 0.4) is 0 Å². The Balaban J connectivity index is 0.000000728. The average Bonchev–Trinajstić information content (AvgIpc) is 2.68. The van der Waals surface area contributed by atoms with Gasteiger partial charge in [0.2, 0.25) is 0 Å². The largest absolute Gasteiger partial charge is 0.463 e. The lowest BCUT2D eigenvalue weighted by Gasteiger charge is -2.01. The first kappa shape index (κ1) is 20.6. The first-order chi connectivity index (χ1) is 11.4. The first-order valence-electron chi connectivity index (χ1n) is 8.42. The zero-order valence-electron chi connectivity index (χ0n) is 15.1. The maximum Gasteiger partial charge on any atom is 0.200 e. The predicted octanol–water partition coefficient (Wildman–Crippen LogP) is 6.54. The quantitative estimate of drug-likeness (QED) is 0.510. The van der Waals surface area contributed by atoms with Gasteiger partial charge in [0.1, 0.15) is 11.8 Å². The van der Waals surface area contributed by atoms with E-state index in [1.807, 2.05) is 84.0 Å². The maximum atomic E-state index is 12.3. The van der Waals surface area contributed by atoms with Crippen LogP contribution < -0.4 is 5.43 Å². The van der Waals surface area contributed by atoms with E-state index in [1.54, 1.807) is 12.1 Å². The molecule has 1 heterocycles. The Bertz CT molecular complexity index is 712. The molecule has 0 unspecified atom stereocenters. The fraction of sp³-hybridized carbons (Fsp3) is 0.286. The molecule has 1 aromatic heterocycles. The Morgan fingerprint density at radius 1 is 0.696 bits per heavy atom. The monoisotopic (exact) mass is 312 g/mol. The highest BCUT2D eigenvalue weighted by Gasteiger charge is 2.07. The lowest BCUT2D eigenvalue weighted by Crippen LogP contribution is -2.04. The SMILES string of the molecule is CC.CC.CC.O=c1c(-c2ccccc2)coc2ccccc12. The number of hydrogen-bond acceptors (Lipinski definition) is 2. The number of para-hydroxylation sites is 1. The zero-order chi connectivity index (χ0) is 17.7. The highest BCUT2D eigenvalue weighted by molar-refractivity contribution is 5.81. The normalized spacial score (nSPS) is 8.61. The Morgan fingerprint density at radius 3 is 1.83 bits per heavy atom. The Hall–Kier alpha value is -2.35. The molecule has 0 aliphatic rings. The fourth-order valence-electron chi connectivity index (χ4n) is 1.89. The number of rotatable bonds is 1. The molecule has 23 heavy (non-hydrogen) atoms. The Labute approximate surface area is 139 Å². The van der Waals surface area contributed by atoms with Crippen molar-refractivity contribution in [1.82, 2.24) is 0 Å². The van der Waals surface area contributed by atoms with E-state index in [1.165, 1.54) is 6.26 Å². The van der Waals surface area contributed by atoms with Gasteiger partial charge in [-0.25, -0.2) is 0 Å². The molecule has 0 spiro atoms. The maximum absolute atomic E-state index is 12.3. The lowest BCUT2D eigenvalue weighted by molar-refractivity contribution is 0.604. The van der Waals surface area contributed by atoms with E-state index in [4.69, 9.17) is 4.42 Å². The number of fused-ring (bicyclic) bond motifs is 1. The summed E-state index contributed by atoms with van der Waals surface area (Å²) in [5, 5.41) is 0.619. The van der Waals surface area contributed by atoms with E-state index < -0.39 is 0 Å². The number of hydrogen-bond donors (Lipinski definition) is 0. The van der Waals surface area contributed by atoms with Gasteiger partial charge in [0.25, 0.3) is 0 Å². The highest BCUT2D eigenvalue weighted by atomic mass is 16.3. The summed E-state index contributed by atoms with van der Waals surface area (Å²) < 4.78 is 5.48. The summed E-state index contributed by atoms with van der Waals surface area (Å²) >= 11 is 0. The molecular formula is C21H28O2. The summed E-state index contributed by atoms with van der Waals surface area (Å²) in [5.41, 5.74) is 2.12. The van der Waals surface area contributed by atoms with Crippen molar-refractivity contribution in [3.8, 4) is 11.1 Å². The van der Waals surface area contributed by atoms with E-state index in [2.05, 4.69) is 0 Å². The van der Waals surface area contributed by atoms with Crippen LogP contribution in [-0.4, -0.2) is 0 Å². The van der Waals surface area contributed by atoms with Crippen molar-refractivity contribution >= 4 is 11.0 Å². The van der Waals surface area contributed by atoms with Crippen molar-refractivity contribution in [3.05, 3.63) is 71.1 Å². The van der Waals surface area contributed by atoms with Gasteiger partial charge in [0, 0.05) is 0 Å². The fourth-order valence-corrected chi connectivity index (χ4v) is 1.89. The van der Waals surface area contributed by atoms with Crippen molar-refractivity contribution in [2.75, 3.05) is 0 Å². The van der Waals surface area contributed by atoms with Crippen LogP contribution in [0.25, 0.3) is 22.1 Å². The molecule has 0 amide bonds. The molecule has 124 valence electrons. The molecular weight excluding hydrogens is 284 g/mol. The molecule has 0 N–H and O–H groups in total. The summed E-state index contributed by atoms with van der Waals surface area (Å²) in [4.78, 5) is 12.3. The van der Waals surface area contributed by atoms with E-state index in [-0.39, 0.29) is 5.43 Å². The average molecular weight is 312 g/mol. The van der Waals surface area contributed by atoms with Gasteiger partial charge in [-0.2, -0.15) is 0 Å². The van der Waals surface area contributed by atoms with Crippen molar-refractivity contribution in [2.45, 2.75) is 41.5 Å². The minimum absolute atomic E-state index is 0.0121. The molecule has 0 aliphatic heterocycles. The smallest absolute Gasteiger partial charge is 0.200 e. The van der Waals surface area contributed by atoms with Crippen molar-refractivity contribution in [1.29, 1.82) is 0 Å². The highest BCUT2D eigenvalue weighted by Crippen LogP contribution is 2.18. The topological polar surface area (TPSA) is 30.2 Å². The molecule has 0 aliphatic carbocycles. The Kier molecular flexibility index (Phi) is 11.0. The molecule has 2 aromatic carbocycles. The molecule has 2 heteroatoms. The summed E-state index contributed by atoms with van der Waals surface area (Å²) in [5.74, 6) is 0. The third-order valence-electron chi connectivity index (χ3n) is 2.76. The molecule has 2 nitrogen and oxygen atoms in total. The van der Waals surface area contributed by atoms with Crippen LogP contribution in [0.1, 0.15) is 41.5 Å². The van der Waals surface area contributed by atoms with Crippen molar-refractivity contribution in [2.24, 2.45) is 0 Å². The molecule has 0 fully saturated rings. The molecule has 0 radical (unpaired) electrons. The van der Waals surface area contributed by atoms with Crippen LogP contribution in [0, 0.1) is 0 Å². The molecule has 0 saturated heterocycles. The van der Waals surface area contributed by atoms with Gasteiger partial charge in [0.05, 0.1) is 10.9 Å². The predicted molar refractivity (Wildman–Crippen MR) is 102 cm³/mol. The van der Waals surface area contributed by atoms with Gasteiger partial charge >= 0.3 is 0 Å². The Morgan fingerprint density at radius 2 is 1.22 bits per heavy atom. The van der Waals surface area contributed by atoms with E-state index in [0.717, 1.165) is 5.56 Å². The van der Waals surface area contributed by atoms with Gasteiger partial charge in [-0.3, -0.25) is 4.79 Å². The van der Waals surface area contributed by atoms with Crippen molar-refractivity contribution < 1.29 is 4.42 Å². The third-order valence-corrected chi connectivity index (χ3v) is 2.76.